The summed E-state index contributed by atoms with van der Waals surface area (Å²) in [6.07, 6.45) is 2.57. The summed E-state index contributed by atoms with van der Waals surface area (Å²) in [6, 6.07) is 0.726. The predicted molar refractivity (Wildman–Crippen MR) is 46.7 cm³/mol. The number of hydrogen-bond donors (Lipinski definition) is 4. The fourth-order valence-corrected chi connectivity index (χ4v) is 1.03. The van der Waals surface area contributed by atoms with Gasteiger partial charge in [-0.2, -0.15) is 0 Å². The van der Waals surface area contributed by atoms with Crippen molar-refractivity contribution in [1.82, 2.24) is 10.9 Å². The summed E-state index contributed by atoms with van der Waals surface area (Å²) < 4.78 is 0. The van der Waals surface area contributed by atoms with Crippen molar-refractivity contribution in [2.24, 2.45) is 5.73 Å². The fourth-order valence-electron chi connectivity index (χ4n) is 1.03. The monoisotopic (exact) mass is 175 g/mol. The first-order valence-corrected chi connectivity index (χ1v) is 4.13. The van der Waals surface area contributed by atoms with E-state index in [2.05, 4.69) is 23.5 Å². The van der Waals surface area contributed by atoms with E-state index in [0.29, 0.717) is 0 Å². The zero-order valence-corrected chi connectivity index (χ0v) is 7.34. The molecule has 0 radical (unpaired) electrons. The molecule has 1 amide bonds. The lowest BCUT2D eigenvalue weighted by Gasteiger charge is -2.22. The van der Waals surface area contributed by atoms with Crippen molar-refractivity contribution in [3.63, 3.8) is 0 Å². The summed E-state index contributed by atoms with van der Waals surface area (Å²) >= 11 is 0. The van der Waals surface area contributed by atoms with Gasteiger partial charge in [-0.15, -0.1) is 0 Å². The fraction of sp³-hybridized carbons (Fsp3) is 0.857. The minimum Gasteiger partial charge on any atom is -0.465 e. The lowest BCUT2D eigenvalue weighted by Crippen LogP contribution is -2.45. The standard InChI is InChI=1S/C6H14N2.CH3NO2/c1-2-6-4-3-5-7-8-6;2-1(3)4/h6-8H,2-5H2,1H3;2H2,(H,3,4). The number of hydrazine groups is 1. The SMILES string of the molecule is CCC1CCCNN1.NC(=O)O. The van der Waals surface area contributed by atoms with E-state index in [1.54, 1.807) is 0 Å². The number of nitrogens with one attached hydrogen (secondary N) is 2. The first-order valence-electron chi connectivity index (χ1n) is 4.13. The van der Waals surface area contributed by atoms with Gasteiger partial charge in [-0.1, -0.05) is 6.92 Å². The third-order valence-corrected chi connectivity index (χ3v) is 1.65. The van der Waals surface area contributed by atoms with Crippen LogP contribution in [-0.2, 0) is 0 Å². The van der Waals surface area contributed by atoms with E-state index >= 15 is 0 Å². The highest BCUT2D eigenvalue weighted by Crippen LogP contribution is 2.02. The average molecular weight is 175 g/mol. The molecule has 0 aliphatic carbocycles. The molecule has 0 spiro atoms. The molecule has 5 nitrogen and oxygen atoms in total. The van der Waals surface area contributed by atoms with Gasteiger partial charge in [0.2, 0.25) is 0 Å². The van der Waals surface area contributed by atoms with Crippen LogP contribution in [0.25, 0.3) is 0 Å². The van der Waals surface area contributed by atoms with Crippen LogP contribution in [0.3, 0.4) is 0 Å². The maximum absolute atomic E-state index is 8.78. The third-order valence-electron chi connectivity index (χ3n) is 1.65. The molecule has 1 fully saturated rings. The van der Waals surface area contributed by atoms with Gasteiger partial charge < -0.3 is 10.8 Å². The predicted octanol–water partition coefficient (Wildman–Crippen LogP) is 0.276. The van der Waals surface area contributed by atoms with Crippen LogP contribution in [0.1, 0.15) is 26.2 Å². The van der Waals surface area contributed by atoms with E-state index < -0.39 is 6.09 Å². The molecular formula is C7H17N3O2. The van der Waals surface area contributed by atoms with Crippen molar-refractivity contribution < 1.29 is 9.90 Å². The van der Waals surface area contributed by atoms with Crippen LogP contribution in [0.15, 0.2) is 0 Å². The highest BCUT2D eigenvalue weighted by atomic mass is 16.4. The van der Waals surface area contributed by atoms with Crippen molar-refractivity contribution in [1.29, 1.82) is 0 Å². The molecular weight excluding hydrogens is 158 g/mol. The van der Waals surface area contributed by atoms with Crippen molar-refractivity contribution in [2.45, 2.75) is 32.2 Å². The average Bonchev–Trinajstić information content (AvgIpc) is 2.05. The third kappa shape index (κ3) is 7.30. The molecule has 5 N–H and O–H groups in total. The molecule has 5 heteroatoms. The molecule has 1 aliphatic heterocycles. The number of carbonyl (C=O) groups is 1. The summed E-state index contributed by atoms with van der Waals surface area (Å²) in [6.45, 7) is 3.35. The summed E-state index contributed by atoms with van der Waals surface area (Å²) in [4.78, 5) is 8.78. The van der Waals surface area contributed by atoms with Crippen LogP contribution in [0, 0.1) is 0 Å². The molecule has 0 aromatic heterocycles. The van der Waals surface area contributed by atoms with E-state index in [1.807, 2.05) is 0 Å². The molecule has 1 saturated heterocycles. The van der Waals surface area contributed by atoms with Gasteiger partial charge in [0.15, 0.2) is 0 Å². The molecule has 1 rings (SSSR count). The Labute approximate surface area is 72.3 Å². The zero-order valence-electron chi connectivity index (χ0n) is 7.34. The molecule has 0 aromatic carbocycles. The molecule has 72 valence electrons. The van der Waals surface area contributed by atoms with E-state index in [9.17, 15) is 0 Å². The number of rotatable bonds is 1. The minimum atomic E-state index is -1.33. The Morgan fingerprint density at radius 1 is 1.75 bits per heavy atom. The summed E-state index contributed by atoms with van der Waals surface area (Å²) in [7, 11) is 0. The Kier molecular flexibility index (Phi) is 6.41. The smallest absolute Gasteiger partial charge is 0.402 e. The van der Waals surface area contributed by atoms with Crippen molar-refractivity contribution in [3.05, 3.63) is 0 Å². The molecule has 0 saturated carbocycles. The van der Waals surface area contributed by atoms with Gasteiger partial charge in [-0.3, -0.25) is 10.9 Å². The normalized spacial score (nSPS) is 22.2. The Morgan fingerprint density at radius 2 is 2.33 bits per heavy atom. The van der Waals surface area contributed by atoms with Crippen molar-refractivity contribution in [2.75, 3.05) is 6.54 Å². The Morgan fingerprint density at radius 3 is 2.58 bits per heavy atom. The van der Waals surface area contributed by atoms with Gasteiger partial charge in [0, 0.05) is 12.6 Å². The number of nitrogens with two attached hydrogens (primary N) is 1. The first kappa shape index (κ1) is 11.2. The number of primary amides is 1. The second-order valence-corrected chi connectivity index (χ2v) is 2.66. The van der Waals surface area contributed by atoms with Crippen LogP contribution in [0.5, 0.6) is 0 Å². The van der Waals surface area contributed by atoms with Crippen molar-refractivity contribution in [3.8, 4) is 0 Å². The zero-order chi connectivity index (χ0) is 9.40. The van der Waals surface area contributed by atoms with Gasteiger partial charge in [0.1, 0.15) is 0 Å². The maximum Gasteiger partial charge on any atom is 0.402 e. The number of carboxylic acid groups (broad SMARTS) is 1. The Balaban J connectivity index is 0.000000261. The van der Waals surface area contributed by atoms with Crippen LogP contribution < -0.4 is 16.6 Å². The van der Waals surface area contributed by atoms with Gasteiger partial charge in [-0.05, 0) is 19.3 Å². The quantitative estimate of drug-likeness (QED) is 0.461. The van der Waals surface area contributed by atoms with Crippen LogP contribution >= 0.6 is 0 Å². The summed E-state index contributed by atoms with van der Waals surface area (Å²) in [5.41, 5.74) is 10.4. The van der Waals surface area contributed by atoms with Crippen LogP contribution in [0.2, 0.25) is 0 Å². The van der Waals surface area contributed by atoms with Crippen molar-refractivity contribution >= 4 is 6.09 Å². The largest absolute Gasteiger partial charge is 0.465 e. The second-order valence-electron chi connectivity index (χ2n) is 2.66. The maximum atomic E-state index is 8.78. The number of hydrogen-bond acceptors (Lipinski definition) is 3. The molecule has 0 bridgehead atoms. The van der Waals surface area contributed by atoms with Gasteiger partial charge in [0.05, 0.1) is 0 Å². The molecule has 1 aliphatic rings. The minimum absolute atomic E-state index is 0.726. The highest BCUT2D eigenvalue weighted by Gasteiger charge is 2.07. The van der Waals surface area contributed by atoms with Crippen LogP contribution in [0.4, 0.5) is 4.79 Å². The molecule has 1 unspecified atom stereocenters. The number of amides is 1. The Bertz CT molecular complexity index is 120. The molecule has 0 aromatic rings. The highest BCUT2D eigenvalue weighted by molar-refractivity contribution is 5.61. The summed E-state index contributed by atoms with van der Waals surface area (Å²) in [5.74, 6) is 0. The van der Waals surface area contributed by atoms with E-state index in [-0.39, 0.29) is 0 Å². The summed E-state index contributed by atoms with van der Waals surface area (Å²) in [5, 5.41) is 7.19. The lowest BCUT2D eigenvalue weighted by atomic mass is 10.1. The van der Waals surface area contributed by atoms with E-state index in [4.69, 9.17) is 9.90 Å². The van der Waals surface area contributed by atoms with E-state index in [0.717, 1.165) is 12.6 Å². The van der Waals surface area contributed by atoms with Gasteiger partial charge in [0.25, 0.3) is 0 Å². The Hall–Kier alpha value is -0.810. The topological polar surface area (TPSA) is 87.4 Å². The van der Waals surface area contributed by atoms with Gasteiger partial charge >= 0.3 is 6.09 Å². The van der Waals surface area contributed by atoms with Crippen LogP contribution in [-0.4, -0.2) is 23.8 Å². The second kappa shape index (κ2) is 6.87. The van der Waals surface area contributed by atoms with E-state index in [1.165, 1.54) is 19.3 Å². The first-order chi connectivity index (χ1) is 5.66. The lowest BCUT2D eigenvalue weighted by molar-refractivity contribution is 0.205. The molecule has 1 heterocycles. The van der Waals surface area contributed by atoms with Gasteiger partial charge in [-0.25, -0.2) is 4.79 Å². The molecule has 12 heavy (non-hydrogen) atoms. The molecule has 1 atom stereocenters.